The summed E-state index contributed by atoms with van der Waals surface area (Å²) in [7, 11) is 0. The second kappa shape index (κ2) is 12.5. The molecule has 0 aromatic carbocycles. The van der Waals surface area contributed by atoms with Gasteiger partial charge in [-0.3, -0.25) is 14.7 Å². The number of aliphatic imine (C=N–C) groups is 1. The standard InChI is InChI=1S/C20H37N5O/c1-6-13-25(14-7-2)18(16(4)5)15-24-20(21-8-3)23-12-11-22-19(26)17-9-10-17/h6-7,16-18H,1-2,8-15H2,3-5H3,(H,22,26)(H2,21,23,24). The largest absolute Gasteiger partial charge is 0.357 e. The van der Waals surface area contributed by atoms with E-state index in [4.69, 9.17) is 4.99 Å². The van der Waals surface area contributed by atoms with Crippen LogP contribution in [0.2, 0.25) is 0 Å². The van der Waals surface area contributed by atoms with E-state index in [0.29, 0.717) is 31.6 Å². The second-order valence-corrected chi connectivity index (χ2v) is 7.05. The Balaban J connectivity index is 2.54. The molecule has 6 heteroatoms. The maximum Gasteiger partial charge on any atom is 0.223 e. The molecule has 0 aromatic rings. The summed E-state index contributed by atoms with van der Waals surface area (Å²) in [5, 5.41) is 9.53. The lowest BCUT2D eigenvalue weighted by molar-refractivity contribution is -0.122. The van der Waals surface area contributed by atoms with Gasteiger partial charge in [0.15, 0.2) is 5.96 Å². The van der Waals surface area contributed by atoms with Gasteiger partial charge in [0.1, 0.15) is 0 Å². The molecule has 3 N–H and O–H groups in total. The van der Waals surface area contributed by atoms with Gasteiger partial charge in [-0.1, -0.05) is 26.0 Å². The molecule has 1 aliphatic rings. The third kappa shape index (κ3) is 8.52. The van der Waals surface area contributed by atoms with Crippen molar-refractivity contribution >= 4 is 11.9 Å². The van der Waals surface area contributed by atoms with Crippen LogP contribution in [0, 0.1) is 11.8 Å². The van der Waals surface area contributed by atoms with Crippen molar-refractivity contribution in [3.05, 3.63) is 25.3 Å². The van der Waals surface area contributed by atoms with Crippen molar-refractivity contribution in [2.45, 2.75) is 39.7 Å². The number of hydrogen-bond acceptors (Lipinski definition) is 3. The summed E-state index contributed by atoms with van der Waals surface area (Å²) < 4.78 is 0. The molecule has 0 saturated heterocycles. The van der Waals surface area contributed by atoms with Gasteiger partial charge in [-0.25, -0.2) is 0 Å². The number of amides is 1. The van der Waals surface area contributed by atoms with E-state index in [9.17, 15) is 4.79 Å². The highest BCUT2D eigenvalue weighted by Gasteiger charge is 2.29. The molecule has 6 nitrogen and oxygen atoms in total. The van der Waals surface area contributed by atoms with Gasteiger partial charge in [0.2, 0.25) is 5.91 Å². The lowest BCUT2D eigenvalue weighted by Crippen LogP contribution is -2.44. The highest BCUT2D eigenvalue weighted by atomic mass is 16.2. The Labute approximate surface area is 159 Å². The Kier molecular flexibility index (Phi) is 10.7. The molecular formula is C20H37N5O. The van der Waals surface area contributed by atoms with E-state index in [-0.39, 0.29) is 11.8 Å². The minimum atomic E-state index is 0.179. The van der Waals surface area contributed by atoms with Crippen molar-refractivity contribution in [1.29, 1.82) is 0 Å². The third-order valence-electron chi connectivity index (χ3n) is 4.41. The van der Waals surface area contributed by atoms with Crippen LogP contribution in [0.1, 0.15) is 33.6 Å². The Hall–Kier alpha value is -1.82. The fourth-order valence-corrected chi connectivity index (χ4v) is 2.81. The van der Waals surface area contributed by atoms with Crippen LogP contribution in [0.3, 0.4) is 0 Å². The van der Waals surface area contributed by atoms with Crippen LogP contribution in [-0.2, 0) is 4.79 Å². The molecular weight excluding hydrogens is 326 g/mol. The van der Waals surface area contributed by atoms with Gasteiger partial charge >= 0.3 is 0 Å². The van der Waals surface area contributed by atoms with Gasteiger partial charge in [0.05, 0.1) is 6.54 Å². The van der Waals surface area contributed by atoms with Gasteiger partial charge in [-0.15, -0.1) is 13.2 Å². The van der Waals surface area contributed by atoms with Crippen molar-refractivity contribution in [3.63, 3.8) is 0 Å². The maximum atomic E-state index is 11.7. The average Bonchev–Trinajstić information content (AvgIpc) is 3.43. The molecule has 0 spiro atoms. The predicted octanol–water partition coefficient (Wildman–Crippen LogP) is 1.77. The van der Waals surface area contributed by atoms with E-state index in [2.05, 4.69) is 47.9 Å². The Morgan fingerprint density at radius 3 is 2.27 bits per heavy atom. The van der Waals surface area contributed by atoms with Crippen molar-refractivity contribution < 1.29 is 4.79 Å². The van der Waals surface area contributed by atoms with E-state index in [1.54, 1.807) is 0 Å². The van der Waals surface area contributed by atoms with Crippen LogP contribution in [0.25, 0.3) is 0 Å². The quantitative estimate of drug-likeness (QED) is 0.202. The summed E-state index contributed by atoms with van der Waals surface area (Å²) in [5.41, 5.74) is 0. The SMILES string of the molecule is C=CCN(CC=C)C(CN=C(NCC)NCCNC(=O)C1CC1)C(C)C. The summed E-state index contributed by atoms with van der Waals surface area (Å²) in [6.07, 6.45) is 5.92. The predicted molar refractivity (Wildman–Crippen MR) is 110 cm³/mol. The van der Waals surface area contributed by atoms with E-state index >= 15 is 0 Å². The molecule has 0 radical (unpaired) electrons. The van der Waals surface area contributed by atoms with Crippen LogP contribution in [-0.4, -0.2) is 62.1 Å². The van der Waals surface area contributed by atoms with Gasteiger partial charge in [0.25, 0.3) is 0 Å². The first-order valence-corrected chi connectivity index (χ1v) is 9.79. The van der Waals surface area contributed by atoms with Crippen LogP contribution >= 0.6 is 0 Å². The van der Waals surface area contributed by atoms with E-state index in [0.717, 1.165) is 38.4 Å². The first-order valence-electron chi connectivity index (χ1n) is 9.79. The normalized spacial score (nSPS) is 15.7. The molecule has 0 aliphatic heterocycles. The molecule has 1 aliphatic carbocycles. The van der Waals surface area contributed by atoms with Crippen molar-refractivity contribution in [1.82, 2.24) is 20.9 Å². The molecule has 1 saturated carbocycles. The number of guanidine groups is 1. The van der Waals surface area contributed by atoms with E-state index < -0.39 is 0 Å². The fraction of sp³-hybridized carbons (Fsp3) is 0.700. The zero-order chi connectivity index (χ0) is 19.4. The highest BCUT2D eigenvalue weighted by Crippen LogP contribution is 2.28. The number of rotatable bonds is 13. The van der Waals surface area contributed by atoms with Crippen molar-refractivity contribution in [2.75, 3.05) is 39.3 Å². The van der Waals surface area contributed by atoms with Crippen LogP contribution in [0.15, 0.2) is 30.3 Å². The zero-order valence-corrected chi connectivity index (χ0v) is 16.8. The van der Waals surface area contributed by atoms with Gasteiger partial charge in [0, 0.05) is 44.7 Å². The lowest BCUT2D eigenvalue weighted by atomic mass is 10.0. The lowest BCUT2D eigenvalue weighted by Gasteiger charge is -2.32. The summed E-state index contributed by atoms with van der Waals surface area (Å²) >= 11 is 0. The number of nitrogens with one attached hydrogen (secondary N) is 3. The minimum absolute atomic E-state index is 0.179. The first kappa shape index (κ1) is 22.2. The molecule has 26 heavy (non-hydrogen) atoms. The molecule has 1 unspecified atom stereocenters. The molecule has 1 atom stereocenters. The zero-order valence-electron chi connectivity index (χ0n) is 16.8. The summed E-state index contributed by atoms with van der Waals surface area (Å²) in [6, 6.07) is 0.316. The Morgan fingerprint density at radius 1 is 1.15 bits per heavy atom. The van der Waals surface area contributed by atoms with E-state index in [1.807, 2.05) is 19.1 Å². The average molecular weight is 364 g/mol. The molecule has 1 amide bonds. The second-order valence-electron chi connectivity index (χ2n) is 7.05. The maximum absolute atomic E-state index is 11.7. The van der Waals surface area contributed by atoms with Crippen LogP contribution in [0.5, 0.6) is 0 Å². The van der Waals surface area contributed by atoms with Gasteiger partial charge in [-0.05, 0) is 25.7 Å². The number of carbonyl (C=O) groups excluding carboxylic acids is 1. The topological polar surface area (TPSA) is 68.8 Å². The minimum Gasteiger partial charge on any atom is -0.357 e. The summed E-state index contributed by atoms with van der Waals surface area (Å²) in [5.74, 6) is 1.69. The molecule has 1 fully saturated rings. The van der Waals surface area contributed by atoms with Gasteiger partial charge in [-0.2, -0.15) is 0 Å². The molecule has 148 valence electrons. The van der Waals surface area contributed by atoms with Crippen LogP contribution in [0.4, 0.5) is 0 Å². The fourth-order valence-electron chi connectivity index (χ4n) is 2.81. The molecule has 0 bridgehead atoms. The van der Waals surface area contributed by atoms with Crippen molar-refractivity contribution in [2.24, 2.45) is 16.8 Å². The monoisotopic (exact) mass is 363 g/mol. The molecule has 0 heterocycles. The number of hydrogen-bond donors (Lipinski definition) is 3. The number of carbonyl (C=O) groups is 1. The van der Waals surface area contributed by atoms with Crippen molar-refractivity contribution in [3.8, 4) is 0 Å². The Bertz CT molecular complexity index is 461. The first-order chi connectivity index (χ1) is 12.5. The smallest absolute Gasteiger partial charge is 0.223 e. The molecule has 0 aromatic heterocycles. The molecule has 1 rings (SSSR count). The Morgan fingerprint density at radius 2 is 1.77 bits per heavy atom. The highest BCUT2D eigenvalue weighted by molar-refractivity contribution is 5.81. The number of nitrogens with zero attached hydrogens (tertiary/aromatic N) is 2. The van der Waals surface area contributed by atoms with Crippen LogP contribution < -0.4 is 16.0 Å². The summed E-state index contributed by atoms with van der Waals surface area (Å²) in [6.45, 7) is 18.6. The third-order valence-corrected chi connectivity index (χ3v) is 4.41. The van der Waals surface area contributed by atoms with Gasteiger partial charge < -0.3 is 16.0 Å². The summed E-state index contributed by atoms with van der Waals surface area (Å²) in [4.78, 5) is 18.8. The van der Waals surface area contributed by atoms with E-state index in [1.165, 1.54) is 0 Å².